The van der Waals surface area contributed by atoms with E-state index < -0.39 is 0 Å². The summed E-state index contributed by atoms with van der Waals surface area (Å²) in [6, 6.07) is 17.9. The molecule has 2 heteroatoms. The van der Waals surface area contributed by atoms with E-state index in [2.05, 4.69) is 12.1 Å². The fourth-order valence-electron chi connectivity index (χ4n) is 2.12. The summed E-state index contributed by atoms with van der Waals surface area (Å²) in [6.07, 6.45) is 0. The van der Waals surface area contributed by atoms with Crippen molar-refractivity contribution in [2.75, 3.05) is 5.73 Å². The van der Waals surface area contributed by atoms with Crippen LogP contribution in [0.5, 0.6) is 0 Å². The first kappa shape index (κ1) is 9.68. The summed E-state index contributed by atoms with van der Waals surface area (Å²) >= 11 is 0. The Labute approximate surface area is 98.9 Å². The third kappa shape index (κ3) is 1.49. The highest BCUT2D eigenvalue weighted by Crippen LogP contribution is 2.27. The van der Waals surface area contributed by atoms with Crippen molar-refractivity contribution >= 4 is 27.2 Å². The molecule has 0 saturated heterocycles. The van der Waals surface area contributed by atoms with E-state index in [0.717, 1.165) is 27.2 Å². The lowest BCUT2D eigenvalue weighted by Crippen LogP contribution is -1.86. The smallest absolute Gasteiger partial charge is 0.0991 e. The van der Waals surface area contributed by atoms with Gasteiger partial charge in [-0.15, -0.1) is 0 Å². The number of nitriles is 1. The lowest BCUT2D eigenvalue weighted by atomic mass is 10.0. The molecule has 0 aromatic heterocycles. The summed E-state index contributed by atoms with van der Waals surface area (Å²) in [7, 11) is 0. The number of fused-ring (bicyclic) bond motifs is 2. The number of nitrogens with two attached hydrogens (primary N) is 1. The fraction of sp³-hybridized carbons (Fsp3) is 0. The largest absolute Gasteiger partial charge is 0.398 e. The van der Waals surface area contributed by atoms with E-state index in [0.29, 0.717) is 5.56 Å². The highest BCUT2D eigenvalue weighted by molar-refractivity contribution is 6.03. The zero-order chi connectivity index (χ0) is 11.8. The molecule has 0 atom stereocenters. The van der Waals surface area contributed by atoms with Crippen molar-refractivity contribution in [1.29, 1.82) is 5.26 Å². The van der Waals surface area contributed by atoms with Gasteiger partial charge in [0.2, 0.25) is 0 Å². The third-order valence-corrected chi connectivity index (χ3v) is 3.00. The van der Waals surface area contributed by atoms with Gasteiger partial charge in [-0.1, -0.05) is 18.2 Å². The molecular weight excluding hydrogens is 208 g/mol. The predicted molar refractivity (Wildman–Crippen MR) is 70.6 cm³/mol. The van der Waals surface area contributed by atoms with Gasteiger partial charge in [-0.2, -0.15) is 5.26 Å². The van der Waals surface area contributed by atoms with Crippen LogP contribution in [0.1, 0.15) is 5.56 Å². The molecule has 17 heavy (non-hydrogen) atoms. The average molecular weight is 218 g/mol. The SMILES string of the molecule is N#Cc1ccc2cc3cccc(N)c3cc2c1. The minimum absolute atomic E-state index is 0.673. The summed E-state index contributed by atoms with van der Waals surface area (Å²) in [5.74, 6) is 0. The molecular formula is C15H10N2. The van der Waals surface area contributed by atoms with E-state index in [1.165, 1.54) is 0 Å². The van der Waals surface area contributed by atoms with Gasteiger partial charge in [0.1, 0.15) is 0 Å². The first-order chi connectivity index (χ1) is 8.28. The van der Waals surface area contributed by atoms with Gasteiger partial charge in [0.15, 0.2) is 0 Å². The average Bonchev–Trinajstić information content (AvgIpc) is 2.37. The minimum atomic E-state index is 0.673. The number of nitrogens with zero attached hydrogens (tertiary/aromatic N) is 1. The predicted octanol–water partition coefficient (Wildman–Crippen LogP) is 3.45. The Morgan fingerprint density at radius 2 is 1.76 bits per heavy atom. The number of nitrogen functional groups attached to an aromatic ring is 1. The van der Waals surface area contributed by atoms with E-state index in [4.69, 9.17) is 11.0 Å². The van der Waals surface area contributed by atoms with Gasteiger partial charge in [0.05, 0.1) is 11.6 Å². The second-order valence-electron chi connectivity index (χ2n) is 4.09. The van der Waals surface area contributed by atoms with Gasteiger partial charge in [-0.3, -0.25) is 0 Å². The molecule has 0 unspecified atom stereocenters. The third-order valence-electron chi connectivity index (χ3n) is 3.00. The van der Waals surface area contributed by atoms with Crippen LogP contribution in [0.3, 0.4) is 0 Å². The van der Waals surface area contributed by atoms with Crippen LogP contribution in [0.15, 0.2) is 48.5 Å². The first-order valence-electron chi connectivity index (χ1n) is 5.40. The zero-order valence-electron chi connectivity index (χ0n) is 9.14. The molecule has 0 spiro atoms. The number of anilines is 1. The topological polar surface area (TPSA) is 49.8 Å². The monoisotopic (exact) mass is 218 g/mol. The second-order valence-corrected chi connectivity index (χ2v) is 4.09. The van der Waals surface area contributed by atoms with Gasteiger partial charge in [0.25, 0.3) is 0 Å². The molecule has 0 aliphatic carbocycles. The zero-order valence-corrected chi connectivity index (χ0v) is 9.14. The summed E-state index contributed by atoms with van der Waals surface area (Å²) < 4.78 is 0. The summed E-state index contributed by atoms with van der Waals surface area (Å²) in [5, 5.41) is 13.2. The van der Waals surface area contributed by atoms with E-state index in [1.54, 1.807) is 0 Å². The fourth-order valence-corrected chi connectivity index (χ4v) is 2.12. The van der Waals surface area contributed by atoms with Crippen LogP contribution in [0.4, 0.5) is 5.69 Å². The van der Waals surface area contributed by atoms with Gasteiger partial charge >= 0.3 is 0 Å². The molecule has 0 aliphatic rings. The van der Waals surface area contributed by atoms with E-state index in [1.807, 2.05) is 42.5 Å². The van der Waals surface area contributed by atoms with Crippen LogP contribution in [0, 0.1) is 11.3 Å². The van der Waals surface area contributed by atoms with Crippen molar-refractivity contribution in [1.82, 2.24) is 0 Å². The van der Waals surface area contributed by atoms with Crippen molar-refractivity contribution in [2.24, 2.45) is 0 Å². The number of hydrogen-bond donors (Lipinski definition) is 1. The van der Waals surface area contributed by atoms with Crippen LogP contribution in [-0.4, -0.2) is 0 Å². The van der Waals surface area contributed by atoms with E-state index in [9.17, 15) is 0 Å². The number of benzene rings is 3. The van der Waals surface area contributed by atoms with Crippen LogP contribution >= 0.6 is 0 Å². The lowest BCUT2D eigenvalue weighted by Gasteiger charge is -2.05. The van der Waals surface area contributed by atoms with Crippen molar-refractivity contribution in [3.8, 4) is 6.07 Å². The van der Waals surface area contributed by atoms with E-state index in [-0.39, 0.29) is 0 Å². The molecule has 0 heterocycles. The Morgan fingerprint density at radius 3 is 2.59 bits per heavy atom. The van der Waals surface area contributed by atoms with Crippen LogP contribution in [-0.2, 0) is 0 Å². The standard InChI is InChI=1S/C15H10N2/c16-9-10-4-5-11-7-12-2-1-3-15(17)14(12)8-13(11)6-10/h1-8H,17H2. The molecule has 2 N–H and O–H groups in total. The highest BCUT2D eigenvalue weighted by Gasteiger charge is 2.01. The van der Waals surface area contributed by atoms with Crippen molar-refractivity contribution < 1.29 is 0 Å². The summed E-state index contributed by atoms with van der Waals surface area (Å²) in [4.78, 5) is 0. The summed E-state index contributed by atoms with van der Waals surface area (Å²) in [5.41, 5.74) is 7.40. The maximum absolute atomic E-state index is 8.89. The molecule has 3 aromatic rings. The Morgan fingerprint density at radius 1 is 0.882 bits per heavy atom. The Balaban J connectivity index is 2.45. The van der Waals surface area contributed by atoms with Gasteiger partial charge < -0.3 is 5.73 Å². The highest BCUT2D eigenvalue weighted by atomic mass is 14.5. The molecule has 2 nitrogen and oxygen atoms in total. The molecule has 0 saturated carbocycles. The molecule has 0 fully saturated rings. The van der Waals surface area contributed by atoms with Crippen LogP contribution in [0.2, 0.25) is 0 Å². The molecule has 3 aromatic carbocycles. The Bertz CT molecular complexity index is 767. The molecule has 0 aliphatic heterocycles. The molecule has 80 valence electrons. The van der Waals surface area contributed by atoms with Crippen molar-refractivity contribution in [3.63, 3.8) is 0 Å². The normalized spacial score (nSPS) is 10.5. The van der Waals surface area contributed by atoms with Gasteiger partial charge in [0, 0.05) is 11.1 Å². The maximum atomic E-state index is 8.89. The minimum Gasteiger partial charge on any atom is -0.398 e. The second kappa shape index (κ2) is 3.50. The Kier molecular flexibility index (Phi) is 1.99. The van der Waals surface area contributed by atoms with Crippen molar-refractivity contribution in [3.05, 3.63) is 54.1 Å². The lowest BCUT2D eigenvalue weighted by molar-refractivity contribution is 1.50. The number of hydrogen-bond acceptors (Lipinski definition) is 2. The summed E-state index contributed by atoms with van der Waals surface area (Å²) in [6.45, 7) is 0. The maximum Gasteiger partial charge on any atom is 0.0991 e. The van der Waals surface area contributed by atoms with Crippen LogP contribution < -0.4 is 5.73 Å². The van der Waals surface area contributed by atoms with Gasteiger partial charge in [-0.05, 0) is 46.5 Å². The van der Waals surface area contributed by atoms with E-state index >= 15 is 0 Å². The molecule has 3 rings (SSSR count). The molecule has 0 radical (unpaired) electrons. The molecule has 0 bridgehead atoms. The Hall–Kier alpha value is -2.53. The van der Waals surface area contributed by atoms with Crippen molar-refractivity contribution in [2.45, 2.75) is 0 Å². The first-order valence-corrected chi connectivity index (χ1v) is 5.40. The quantitative estimate of drug-likeness (QED) is 0.464. The molecule has 0 amide bonds. The number of rotatable bonds is 0. The van der Waals surface area contributed by atoms with Crippen LogP contribution in [0.25, 0.3) is 21.5 Å². The van der Waals surface area contributed by atoms with Gasteiger partial charge in [-0.25, -0.2) is 0 Å².